The molecule has 0 aliphatic rings. The van der Waals surface area contributed by atoms with Gasteiger partial charge in [0.2, 0.25) is 0 Å². The van der Waals surface area contributed by atoms with Crippen molar-refractivity contribution in [2.75, 3.05) is 19.8 Å². The second-order valence-electron chi connectivity index (χ2n) is 3.94. The molecule has 1 heterocycles. The van der Waals surface area contributed by atoms with Gasteiger partial charge in [0.25, 0.3) is 5.91 Å². The summed E-state index contributed by atoms with van der Waals surface area (Å²) in [7, 11) is 0. The standard InChI is InChI=1S/C13H20N2O4/c1-4-18-12(19-5-2)8-15-13(17)10-7-14-9(3)6-11(10)16/h6-7,12H,4-5,8H2,1-3H3,(H,14,16)(H,15,17). The molecule has 0 unspecified atom stereocenters. The number of hydrogen-bond acceptors (Lipinski definition) is 4. The zero-order chi connectivity index (χ0) is 14.3. The molecule has 6 nitrogen and oxygen atoms in total. The molecule has 0 atom stereocenters. The summed E-state index contributed by atoms with van der Waals surface area (Å²) in [6.07, 6.45) is 0.909. The van der Waals surface area contributed by atoms with E-state index in [1.54, 1.807) is 6.92 Å². The first-order valence-electron chi connectivity index (χ1n) is 6.29. The third-order valence-corrected chi connectivity index (χ3v) is 2.44. The monoisotopic (exact) mass is 268 g/mol. The number of carbonyl (C=O) groups excluding carboxylic acids is 1. The van der Waals surface area contributed by atoms with E-state index < -0.39 is 12.2 Å². The molecule has 0 saturated heterocycles. The van der Waals surface area contributed by atoms with Crippen LogP contribution in [-0.4, -0.2) is 36.9 Å². The number of nitrogens with one attached hydrogen (secondary N) is 2. The molecular weight excluding hydrogens is 248 g/mol. The van der Waals surface area contributed by atoms with E-state index in [1.165, 1.54) is 12.3 Å². The summed E-state index contributed by atoms with van der Waals surface area (Å²) in [6.45, 7) is 6.63. The van der Waals surface area contributed by atoms with E-state index >= 15 is 0 Å². The highest BCUT2D eigenvalue weighted by Crippen LogP contribution is 1.96. The van der Waals surface area contributed by atoms with Crippen LogP contribution in [0.2, 0.25) is 0 Å². The fourth-order valence-corrected chi connectivity index (χ4v) is 1.56. The van der Waals surface area contributed by atoms with Crippen molar-refractivity contribution in [1.82, 2.24) is 10.3 Å². The number of hydrogen-bond donors (Lipinski definition) is 2. The van der Waals surface area contributed by atoms with Gasteiger partial charge in [0.05, 0.1) is 6.54 Å². The highest BCUT2D eigenvalue weighted by molar-refractivity contribution is 5.93. The lowest BCUT2D eigenvalue weighted by Gasteiger charge is -2.17. The number of ether oxygens (including phenoxy) is 2. The van der Waals surface area contributed by atoms with Crippen LogP contribution in [-0.2, 0) is 9.47 Å². The Morgan fingerprint density at radius 3 is 2.53 bits per heavy atom. The van der Waals surface area contributed by atoms with E-state index in [2.05, 4.69) is 10.3 Å². The first-order valence-corrected chi connectivity index (χ1v) is 6.29. The predicted octanol–water partition coefficient (Wildman–Crippen LogP) is 0.812. The third kappa shape index (κ3) is 4.84. The van der Waals surface area contributed by atoms with Crippen LogP contribution < -0.4 is 10.7 Å². The van der Waals surface area contributed by atoms with Gasteiger partial charge in [0.1, 0.15) is 5.56 Å². The minimum Gasteiger partial charge on any atom is -0.364 e. The Morgan fingerprint density at radius 2 is 2.00 bits per heavy atom. The van der Waals surface area contributed by atoms with E-state index in [0.717, 1.165) is 0 Å². The van der Waals surface area contributed by atoms with Crippen LogP contribution >= 0.6 is 0 Å². The molecule has 0 aliphatic heterocycles. The van der Waals surface area contributed by atoms with Crippen molar-refractivity contribution in [2.45, 2.75) is 27.1 Å². The van der Waals surface area contributed by atoms with Crippen molar-refractivity contribution >= 4 is 5.91 Å². The molecule has 0 spiro atoms. The molecule has 0 bridgehead atoms. The largest absolute Gasteiger partial charge is 0.364 e. The van der Waals surface area contributed by atoms with Gasteiger partial charge >= 0.3 is 0 Å². The number of H-pyrrole nitrogens is 1. The second-order valence-corrected chi connectivity index (χ2v) is 3.94. The third-order valence-electron chi connectivity index (χ3n) is 2.44. The van der Waals surface area contributed by atoms with Gasteiger partial charge in [-0.25, -0.2) is 0 Å². The Labute approximate surface area is 112 Å². The van der Waals surface area contributed by atoms with Crippen LogP contribution in [0.25, 0.3) is 0 Å². The number of aromatic amines is 1. The first kappa shape index (κ1) is 15.4. The average molecular weight is 268 g/mol. The van der Waals surface area contributed by atoms with Gasteiger partial charge in [-0.2, -0.15) is 0 Å². The lowest BCUT2D eigenvalue weighted by atomic mass is 10.2. The quantitative estimate of drug-likeness (QED) is 0.717. The molecule has 106 valence electrons. The molecule has 19 heavy (non-hydrogen) atoms. The summed E-state index contributed by atoms with van der Waals surface area (Å²) >= 11 is 0. The van der Waals surface area contributed by atoms with E-state index in [4.69, 9.17) is 9.47 Å². The minimum absolute atomic E-state index is 0.0809. The topological polar surface area (TPSA) is 80.4 Å². The Hall–Kier alpha value is -1.66. The summed E-state index contributed by atoms with van der Waals surface area (Å²) in [5.74, 6) is -0.439. The summed E-state index contributed by atoms with van der Waals surface area (Å²) in [5, 5.41) is 2.62. The number of aromatic nitrogens is 1. The summed E-state index contributed by atoms with van der Waals surface area (Å²) < 4.78 is 10.6. The Morgan fingerprint density at radius 1 is 1.37 bits per heavy atom. The van der Waals surface area contributed by atoms with Crippen LogP contribution in [0.5, 0.6) is 0 Å². The van der Waals surface area contributed by atoms with Crippen molar-refractivity contribution in [2.24, 2.45) is 0 Å². The predicted molar refractivity (Wildman–Crippen MR) is 71.2 cm³/mol. The average Bonchev–Trinajstić information content (AvgIpc) is 2.36. The summed E-state index contributed by atoms with van der Waals surface area (Å²) in [6, 6.07) is 1.39. The maximum atomic E-state index is 11.8. The first-order chi connectivity index (χ1) is 9.08. The zero-order valence-corrected chi connectivity index (χ0v) is 11.5. The number of pyridine rings is 1. The Kier molecular flexibility index (Phi) is 6.24. The zero-order valence-electron chi connectivity index (χ0n) is 11.5. The molecule has 2 N–H and O–H groups in total. The molecular formula is C13H20N2O4. The lowest BCUT2D eigenvalue weighted by Crippen LogP contribution is -2.37. The van der Waals surface area contributed by atoms with Crippen LogP contribution in [0.1, 0.15) is 29.9 Å². The van der Waals surface area contributed by atoms with E-state index in [-0.39, 0.29) is 17.5 Å². The van der Waals surface area contributed by atoms with Crippen molar-refractivity contribution < 1.29 is 14.3 Å². The molecule has 0 radical (unpaired) electrons. The molecule has 0 aliphatic carbocycles. The Bertz CT molecular complexity index is 464. The molecule has 0 fully saturated rings. The van der Waals surface area contributed by atoms with Gasteiger partial charge in [-0.05, 0) is 20.8 Å². The molecule has 0 aromatic carbocycles. The molecule has 0 saturated carbocycles. The van der Waals surface area contributed by atoms with E-state index in [0.29, 0.717) is 18.9 Å². The number of carbonyl (C=O) groups is 1. The van der Waals surface area contributed by atoms with E-state index in [1.807, 2.05) is 13.8 Å². The fourth-order valence-electron chi connectivity index (χ4n) is 1.56. The molecule has 1 aromatic rings. The van der Waals surface area contributed by atoms with Crippen molar-refractivity contribution in [3.8, 4) is 0 Å². The van der Waals surface area contributed by atoms with Gasteiger partial charge in [-0.1, -0.05) is 0 Å². The van der Waals surface area contributed by atoms with E-state index in [9.17, 15) is 9.59 Å². The maximum Gasteiger partial charge on any atom is 0.256 e. The Balaban J connectivity index is 2.61. The second kappa shape index (κ2) is 7.70. The van der Waals surface area contributed by atoms with Crippen molar-refractivity contribution in [1.29, 1.82) is 0 Å². The highest BCUT2D eigenvalue weighted by atomic mass is 16.7. The summed E-state index contributed by atoms with van der Waals surface area (Å²) in [4.78, 5) is 26.3. The number of rotatable bonds is 7. The van der Waals surface area contributed by atoms with Gasteiger partial charge in [-0.3, -0.25) is 9.59 Å². The number of amides is 1. The molecule has 1 rings (SSSR count). The molecule has 6 heteroatoms. The fraction of sp³-hybridized carbons (Fsp3) is 0.538. The van der Waals surface area contributed by atoms with Gasteiger partial charge in [-0.15, -0.1) is 0 Å². The van der Waals surface area contributed by atoms with Crippen LogP contribution in [0.15, 0.2) is 17.1 Å². The van der Waals surface area contributed by atoms with Gasteiger partial charge in [0, 0.05) is 31.2 Å². The van der Waals surface area contributed by atoms with Crippen LogP contribution in [0, 0.1) is 6.92 Å². The molecule has 1 amide bonds. The summed E-state index contributed by atoms with van der Waals surface area (Å²) in [5.41, 5.74) is 0.485. The normalized spacial score (nSPS) is 10.7. The maximum absolute atomic E-state index is 11.8. The van der Waals surface area contributed by atoms with Crippen LogP contribution in [0.4, 0.5) is 0 Å². The van der Waals surface area contributed by atoms with Crippen LogP contribution in [0.3, 0.4) is 0 Å². The van der Waals surface area contributed by atoms with Crippen molar-refractivity contribution in [3.63, 3.8) is 0 Å². The smallest absolute Gasteiger partial charge is 0.256 e. The lowest BCUT2D eigenvalue weighted by molar-refractivity contribution is -0.131. The SMILES string of the molecule is CCOC(CNC(=O)c1c[nH]c(C)cc1=O)OCC. The minimum atomic E-state index is -0.497. The van der Waals surface area contributed by atoms with Gasteiger partial charge < -0.3 is 19.8 Å². The number of aryl methyl sites for hydroxylation is 1. The molecule has 1 aromatic heterocycles. The highest BCUT2D eigenvalue weighted by Gasteiger charge is 2.13. The van der Waals surface area contributed by atoms with Crippen molar-refractivity contribution in [3.05, 3.63) is 33.7 Å². The van der Waals surface area contributed by atoms with Gasteiger partial charge in [0.15, 0.2) is 11.7 Å².